The van der Waals surface area contributed by atoms with Gasteiger partial charge in [0.25, 0.3) is 0 Å². The molecule has 80 valence electrons. The fraction of sp³-hybridized carbons (Fsp3) is 0.444. The van der Waals surface area contributed by atoms with Gasteiger partial charge in [-0.3, -0.25) is 4.79 Å². The van der Waals surface area contributed by atoms with E-state index in [1.54, 1.807) is 11.3 Å². The van der Waals surface area contributed by atoms with E-state index in [1.807, 2.05) is 19.1 Å². The number of hydrogen-bond donors (Lipinski definition) is 1. The smallest absolute Gasteiger partial charge is 0.307 e. The summed E-state index contributed by atoms with van der Waals surface area (Å²) in [6.07, 6.45) is 0.246. The van der Waals surface area contributed by atoms with Gasteiger partial charge in [0.15, 0.2) is 0 Å². The van der Waals surface area contributed by atoms with E-state index >= 15 is 0 Å². The summed E-state index contributed by atoms with van der Waals surface area (Å²) in [4.78, 5) is 13.1. The predicted octanol–water partition coefficient (Wildman–Crippen LogP) is 2.04. The van der Waals surface area contributed by atoms with E-state index in [1.165, 1.54) is 12.0 Å². The minimum absolute atomic E-state index is 0. The minimum atomic E-state index is -0.265. The first-order valence-electron chi connectivity index (χ1n) is 4.02. The summed E-state index contributed by atoms with van der Waals surface area (Å²) >= 11 is 1.62. The second kappa shape index (κ2) is 6.01. The molecule has 0 saturated carbocycles. The van der Waals surface area contributed by atoms with Gasteiger partial charge in [-0.2, -0.15) is 0 Å². The van der Waals surface area contributed by atoms with Gasteiger partial charge in [0.05, 0.1) is 13.5 Å². The van der Waals surface area contributed by atoms with Crippen LogP contribution in [0.25, 0.3) is 0 Å². The monoisotopic (exact) mass is 235 g/mol. The zero-order chi connectivity index (χ0) is 9.84. The number of carbonyl (C=O) groups is 1. The van der Waals surface area contributed by atoms with Crippen molar-refractivity contribution in [3.63, 3.8) is 0 Å². The number of rotatable bonds is 3. The molecule has 1 rings (SSSR count). The van der Waals surface area contributed by atoms with Gasteiger partial charge in [0.2, 0.25) is 0 Å². The molecule has 0 amide bonds. The van der Waals surface area contributed by atoms with E-state index in [9.17, 15) is 4.79 Å². The Bertz CT molecular complexity index is 301. The van der Waals surface area contributed by atoms with Gasteiger partial charge < -0.3 is 10.5 Å². The number of aryl methyl sites for hydroxylation is 1. The summed E-state index contributed by atoms with van der Waals surface area (Å²) in [6.45, 7) is 2.01. The molecule has 5 heteroatoms. The molecule has 0 radical (unpaired) electrons. The zero-order valence-electron chi connectivity index (χ0n) is 8.15. The lowest BCUT2D eigenvalue weighted by atomic mass is 10.2. The van der Waals surface area contributed by atoms with Crippen molar-refractivity contribution in [1.82, 2.24) is 0 Å². The molecule has 0 aliphatic rings. The summed E-state index contributed by atoms with van der Waals surface area (Å²) in [5.41, 5.74) is 5.79. The first-order valence-corrected chi connectivity index (χ1v) is 4.84. The van der Waals surface area contributed by atoms with Crippen molar-refractivity contribution in [2.45, 2.75) is 19.4 Å². The molecule has 0 spiro atoms. The normalized spacial score (nSPS) is 11.6. The number of ether oxygens (including phenoxy) is 1. The summed E-state index contributed by atoms with van der Waals surface area (Å²) in [6, 6.07) is 3.72. The Morgan fingerprint density at radius 2 is 2.29 bits per heavy atom. The van der Waals surface area contributed by atoms with E-state index in [2.05, 4.69) is 4.74 Å². The minimum Gasteiger partial charge on any atom is -0.469 e. The molecular weight excluding hydrogens is 222 g/mol. The average molecular weight is 236 g/mol. The molecule has 0 aromatic carbocycles. The summed E-state index contributed by atoms with van der Waals surface area (Å²) in [7, 11) is 1.37. The van der Waals surface area contributed by atoms with Gasteiger partial charge >= 0.3 is 5.97 Å². The van der Waals surface area contributed by atoms with Crippen LogP contribution < -0.4 is 5.73 Å². The van der Waals surface area contributed by atoms with Crippen molar-refractivity contribution in [1.29, 1.82) is 0 Å². The van der Waals surface area contributed by atoms with Crippen LogP contribution in [0.4, 0.5) is 0 Å². The molecule has 0 aliphatic heterocycles. The van der Waals surface area contributed by atoms with E-state index in [4.69, 9.17) is 5.73 Å². The highest BCUT2D eigenvalue weighted by molar-refractivity contribution is 7.12. The Balaban J connectivity index is 0.00000169. The van der Waals surface area contributed by atoms with Crippen molar-refractivity contribution in [2.24, 2.45) is 5.73 Å². The molecule has 14 heavy (non-hydrogen) atoms. The maximum absolute atomic E-state index is 10.9. The topological polar surface area (TPSA) is 52.3 Å². The van der Waals surface area contributed by atoms with Crippen molar-refractivity contribution in [2.75, 3.05) is 7.11 Å². The first-order chi connectivity index (χ1) is 6.13. The molecule has 1 atom stereocenters. The molecule has 0 saturated heterocycles. The van der Waals surface area contributed by atoms with Gasteiger partial charge in [-0.25, -0.2) is 0 Å². The van der Waals surface area contributed by atoms with Crippen LogP contribution in [0.1, 0.15) is 22.2 Å². The van der Waals surface area contributed by atoms with E-state index in [0.29, 0.717) is 0 Å². The van der Waals surface area contributed by atoms with Crippen molar-refractivity contribution in [3.8, 4) is 0 Å². The number of methoxy groups -OCH3 is 1. The van der Waals surface area contributed by atoms with Gasteiger partial charge in [0.1, 0.15) is 0 Å². The van der Waals surface area contributed by atoms with Crippen LogP contribution >= 0.6 is 23.7 Å². The lowest BCUT2D eigenvalue weighted by Crippen LogP contribution is -2.14. The van der Waals surface area contributed by atoms with Crippen LogP contribution in [0.15, 0.2) is 12.1 Å². The molecule has 1 aromatic rings. The van der Waals surface area contributed by atoms with Crippen LogP contribution in [0.3, 0.4) is 0 Å². The molecule has 1 heterocycles. The Kier molecular flexibility index (Phi) is 5.76. The molecular formula is C9H14ClNO2S. The fourth-order valence-electron chi connectivity index (χ4n) is 1.02. The molecule has 0 fully saturated rings. The highest BCUT2D eigenvalue weighted by atomic mass is 35.5. The maximum Gasteiger partial charge on any atom is 0.307 e. The number of hydrogen-bond acceptors (Lipinski definition) is 4. The Morgan fingerprint density at radius 1 is 1.64 bits per heavy atom. The number of thiophene rings is 1. The van der Waals surface area contributed by atoms with E-state index in [0.717, 1.165) is 4.88 Å². The SMILES string of the molecule is COC(=O)C[C@H](N)c1ccc(C)s1.Cl. The zero-order valence-corrected chi connectivity index (χ0v) is 9.78. The van der Waals surface area contributed by atoms with Gasteiger partial charge in [-0.15, -0.1) is 23.7 Å². The summed E-state index contributed by atoms with van der Waals surface area (Å²) in [5.74, 6) is -0.265. The Hall–Kier alpha value is -0.580. The lowest BCUT2D eigenvalue weighted by Gasteiger charge is -2.06. The van der Waals surface area contributed by atoms with E-state index in [-0.39, 0.29) is 30.8 Å². The second-order valence-electron chi connectivity index (χ2n) is 2.84. The number of esters is 1. The van der Waals surface area contributed by atoms with Crippen LogP contribution in [0.2, 0.25) is 0 Å². The quantitative estimate of drug-likeness (QED) is 0.816. The maximum atomic E-state index is 10.9. The van der Waals surface area contributed by atoms with Gasteiger partial charge in [-0.1, -0.05) is 0 Å². The molecule has 3 nitrogen and oxygen atoms in total. The highest BCUT2D eigenvalue weighted by Gasteiger charge is 2.12. The highest BCUT2D eigenvalue weighted by Crippen LogP contribution is 2.23. The number of nitrogens with two attached hydrogens (primary N) is 1. The van der Waals surface area contributed by atoms with Crippen LogP contribution in [0, 0.1) is 6.92 Å². The fourth-order valence-corrected chi connectivity index (χ4v) is 1.89. The van der Waals surface area contributed by atoms with E-state index < -0.39 is 0 Å². The van der Waals surface area contributed by atoms with Crippen LogP contribution in [0.5, 0.6) is 0 Å². The number of carbonyl (C=O) groups excluding carboxylic acids is 1. The predicted molar refractivity (Wildman–Crippen MR) is 59.9 cm³/mol. The largest absolute Gasteiger partial charge is 0.469 e. The average Bonchev–Trinajstić information content (AvgIpc) is 2.51. The molecule has 1 aromatic heterocycles. The van der Waals surface area contributed by atoms with Gasteiger partial charge in [0, 0.05) is 15.8 Å². The lowest BCUT2D eigenvalue weighted by molar-refractivity contribution is -0.141. The van der Waals surface area contributed by atoms with Crippen LogP contribution in [-0.4, -0.2) is 13.1 Å². The first kappa shape index (κ1) is 13.4. The summed E-state index contributed by atoms with van der Waals surface area (Å²) < 4.78 is 4.53. The third-order valence-electron chi connectivity index (χ3n) is 1.74. The molecule has 0 bridgehead atoms. The third-order valence-corrected chi connectivity index (χ3v) is 2.87. The van der Waals surface area contributed by atoms with Gasteiger partial charge in [-0.05, 0) is 19.1 Å². The molecule has 2 N–H and O–H groups in total. The Morgan fingerprint density at radius 3 is 2.71 bits per heavy atom. The molecule has 0 aliphatic carbocycles. The number of halogens is 1. The molecule has 0 unspecified atom stereocenters. The van der Waals surface area contributed by atoms with Crippen molar-refractivity contribution >= 4 is 29.7 Å². The van der Waals surface area contributed by atoms with Crippen LogP contribution in [-0.2, 0) is 9.53 Å². The van der Waals surface area contributed by atoms with Crippen molar-refractivity contribution in [3.05, 3.63) is 21.9 Å². The Labute approximate surface area is 93.7 Å². The second-order valence-corrected chi connectivity index (χ2v) is 4.15. The van der Waals surface area contributed by atoms with Crippen molar-refractivity contribution < 1.29 is 9.53 Å². The standard InChI is InChI=1S/C9H13NO2S.ClH/c1-6-3-4-8(13-6)7(10)5-9(11)12-2;/h3-4,7H,5,10H2,1-2H3;1H/t7-;/m0./s1. The summed E-state index contributed by atoms with van der Waals surface area (Å²) in [5, 5.41) is 0. The third kappa shape index (κ3) is 3.65.